The Kier molecular flexibility index (Phi) is 9.28. The molecule has 15 nitrogen and oxygen atoms in total. The number of hydrogen-bond donors (Lipinski definition) is 2. The molecule has 3 aliphatic heterocycles. The highest BCUT2D eigenvalue weighted by atomic mass is 32.2. The van der Waals surface area contributed by atoms with Crippen LogP contribution in [0.15, 0.2) is 49.6 Å². The molecule has 0 saturated carbocycles. The number of carbonyl (C=O) groups excluding carboxylic acids is 5. The van der Waals surface area contributed by atoms with E-state index in [0.717, 1.165) is 68.3 Å². The molecule has 0 aliphatic carbocycles. The topological polar surface area (TPSA) is 193 Å². The number of hydrogen-bond acceptors (Lipinski definition) is 16. The van der Waals surface area contributed by atoms with Gasteiger partial charge in [0.05, 0.1) is 52.4 Å². The van der Waals surface area contributed by atoms with Crippen LogP contribution in [0, 0.1) is 0 Å². The lowest BCUT2D eigenvalue weighted by atomic mass is 9.85. The smallest absolute Gasteiger partial charge is 0.345 e. The minimum Gasteiger partial charge on any atom is -0.494 e. The number of fused-ring (bicyclic) bond motifs is 3. The van der Waals surface area contributed by atoms with Crippen LogP contribution in [0.2, 0.25) is 0 Å². The third kappa shape index (κ3) is 5.18. The lowest BCUT2D eigenvalue weighted by Crippen LogP contribution is -2.55. The first kappa shape index (κ1) is 34.8. The van der Waals surface area contributed by atoms with Crippen molar-refractivity contribution in [3.05, 3.63) is 55.3 Å². The van der Waals surface area contributed by atoms with E-state index in [-0.39, 0.29) is 54.8 Å². The number of nitrogens with zero attached hydrogens (tertiary/aromatic N) is 3. The van der Waals surface area contributed by atoms with Crippen molar-refractivity contribution in [2.45, 2.75) is 30.0 Å². The molecule has 0 bridgehead atoms. The largest absolute Gasteiger partial charge is 0.494 e. The molecular weight excluding hydrogens is 691 g/mol. The van der Waals surface area contributed by atoms with E-state index in [4.69, 9.17) is 23.7 Å². The SMILES string of the molecule is COC(=O)C1=C(C(=O)OC)SC2(S1)C(C(=O)OC)=C(C(=O)OC)SC1=C2c2nccc(OC)c2N(C(=O)Cn2c(O)ccc2O)C1(C)C. The third-order valence-corrected chi connectivity index (χ3v) is 12.3. The van der Waals surface area contributed by atoms with Gasteiger partial charge in [0.1, 0.15) is 36.8 Å². The van der Waals surface area contributed by atoms with Crippen molar-refractivity contribution in [3.8, 4) is 17.5 Å². The van der Waals surface area contributed by atoms with Gasteiger partial charge in [-0.15, -0.1) is 0 Å². The zero-order chi connectivity index (χ0) is 35.3. The van der Waals surface area contributed by atoms with Crippen LogP contribution in [0.5, 0.6) is 17.5 Å². The Morgan fingerprint density at radius 2 is 1.31 bits per heavy atom. The van der Waals surface area contributed by atoms with E-state index in [0.29, 0.717) is 4.91 Å². The first-order chi connectivity index (χ1) is 22.7. The number of aromatic nitrogens is 2. The average molecular weight is 720 g/mol. The normalized spacial score (nSPS) is 17.5. The molecule has 1 amide bonds. The fourth-order valence-electron chi connectivity index (χ4n) is 5.58. The number of carbonyl (C=O) groups is 5. The van der Waals surface area contributed by atoms with Crippen molar-refractivity contribution in [2.75, 3.05) is 40.4 Å². The Morgan fingerprint density at radius 3 is 1.81 bits per heavy atom. The zero-order valence-electron chi connectivity index (χ0n) is 26.6. The summed E-state index contributed by atoms with van der Waals surface area (Å²) in [7, 11) is 5.85. The first-order valence-electron chi connectivity index (χ1n) is 13.8. The molecule has 5 rings (SSSR count). The van der Waals surface area contributed by atoms with E-state index in [1.54, 1.807) is 13.8 Å². The quantitative estimate of drug-likeness (QED) is 0.313. The van der Waals surface area contributed by atoms with Gasteiger partial charge < -0.3 is 33.9 Å². The van der Waals surface area contributed by atoms with Crippen LogP contribution in [0.3, 0.4) is 0 Å². The molecule has 0 radical (unpaired) electrons. The van der Waals surface area contributed by atoms with E-state index in [9.17, 15) is 34.2 Å². The van der Waals surface area contributed by atoms with Crippen LogP contribution in [0.25, 0.3) is 5.57 Å². The third-order valence-electron chi connectivity index (χ3n) is 7.68. The molecule has 2 aromatic rings. The van der Waals surface area contributed by atoms with E-state index in [1.807, 2.05) is 0 Å². The Balaban J connectivity index is 1.88. The second-order valence-corrected chi connectivity index (χ2v) is 14.3. The van der Waals surface area contributed by atoms with Gasteiger partial charge in [-0.2, -0.15) is 0 Å². The van der Waals surface area contributed by atoms with Crippen LogP contribution in [0.1, 0.15) is 19.5 Å². The molecule has 0 unspecified atom stereocenters. The maximum atomic E-state index is 14.3. The van der Waals surface area contributed by atoms with Gasteiger partial charge in [-0.25, -0.2) is 19.2 Å². The molecule has 3 aliphatic rings. The predicted molar refractivity (Wildman–Crippen MR) is 175 cm³/mol. The monoisotopic (exact) mass is 719 g/mol. The molecule has 0 aromatic carbocycles. The van der Waals surface area contributed by atoms with Crippen molar-refractivity contribution in [3.63, 3.8) is 0 Å². The van der Waals surface area contributed by atoms with Gasteiger partial charge in [-0.1, -0.05) is 35.3 Å². The van der Waals surface area contributed by atoms with Gasteiger partial charge in [0.15, 0.2) is 11.8 Å². The Hall–Kier alpha value is -4.55. The summed E-state index contributed by atoms with van der Waals surface area (Å²) >= 11 is 2.35. The minimum atomic E-state index is -1.83. The van der Waals surface area contributed by atoms with Gasteiger partial charge in [-0.05, 0) is 13.8 Å². The molecule has 0 atom stereocenters. The van der Waals surface area contributed by atoms with Crippen molar-refractivity contribution in [1.82, 2.24) is 9.55 Å². The average Bonchev–Trinajstić information content (AvgIpc) is 3.62. The molecular formula is C30H29N3O12S3. The molecule has 254 valence electrons. The Bertz CT molecular complexity index is 1830. The summed E-state index contributed by atoms with van der Waals surface area (Å²) in [5.74, 6) is -4.91. The van der Waals surface area contributed by atoms with Gasteiger partial charge in [0.2, 0.25) is 5.91 Å². The van der Waals surface area contributed by atoms with E-state index in [1.165, 1.54) is 36.4 Å². The molecule has 0 saturated heterocycles. The molecule has 2 aromatic heterocycles. The summed E-state index contributed by atoms with van der Waals surface area (Å²) in [6.45, 7) is 2.81. The molecule has 2 N–H and O–H groups in total. The van der Waals surface area contributed by atoms with Gasteiger partial charge >= 0.3 is 23.9 Å². The Morgan fingerprint density at radius 1 is 0.792 bits per heavy atom. The lowest BCUT2D eigenvalue weighted by Gasteiger charge is -2.50. The number of thioether (sulfide) groups is 3. The zero-order valence-corrected chi connectivity index (χ0v) is 29.0. The predicted octanol–water partition coefficient (Wildman–Crippen LogP) is 2.92. The molecule has 48 heavy (non-hydrogen) atoms. The first-order valence-corrected chi connectivity index (χ1v) is 16.3. The highest BCUT2D eigenvalue weighted by molar-refractivity contribution is 8.26. The maximum absolute atomic E-state index is 14.3. The minimum absolute atomic E-state index is 0.103. The van der Waals surface area contributed by atoms with Crippen LogP contribution in [0.4, 0.5) is 5.69 Å². The number of rotatable bonds is 7. The number of ether oxygens (including phenoxy) is 5. The Labute approximate surface area is 286 Å². The second kappa shape index (κ2) is 12.8. The van der Waals surface area contributed by atoms with Crippen molar-refractivity contribution in [2.24, 2.45) is 0 Å². The number of amides is 1. The number of esters is 4. The fourth-order valence-corrected chi connectivity index (χ4v) is 10.6. The summed E-state index contributed by atoms with van der Waals surface area (Å²) in [6, 6.07) is 3.96. The second-order valence-electron chi connectivity index (χ2n) is 10.6. The summed E-state index contributed by atoms with van der Waals surface area (Å²) in [5.41, 5.74) is -1.16. The highest BCUT2D eigenvalue weighted by Crippen LogP contribution is 2.71. The van der Waals surface area contributed by atoms with Gasteiger partial charge in [0.25, 0.3) is 0 Å². The van der Waals surface area contributed by atoms with Crippen molar-refractivity contribution >= 4 is 76.3 Å². The number of methoxy groups -OCH3 is 5. The number of anilines is 1. The van der Waals surface area contributed by atoms with E-state index in [2.05, 4.69) is 4.98 Å². The van der Waals surface area contributed by atoms with Crippen molar-refractivity contribution in [1.29, 1.82) is 0 Å². The molecule has 18 heteroatoms. The van der Waals surface area contributed by atoms with E-state index >= 15 is 0 Å². The number of pyridine rings is 1. The standard InChI is InChI=1S/C30H29N3O12S3/c1-29(2)24-17(19-20(13(41-3)10-11-31-19)33(29)16(36)12-32-14(34)8-9-15(32)35)30(18(25(37)42-4)21(46-24)26(38)43-5)47-22(27(39)44-6)23(48-30)28(40)45-7/h8-11,34-35H,12H2,1-7H3. The fraction of sp³-hybridized carbons (Fsp3) is 0.333. The number of aromatic hydroxyl groups is 2. The van der Waals surface area contributed by atoms with Gasteiger partial charge in [-0.3, -0.25) is 19.2 Å². The molecule has 1 spiro atoms. The lowest BCUT2D eigenvalue weighted by molar-refractivity contribution is -0.138. The van der Waals surface area contributed by atoms with Gasteiger partial charge in [0, 0.05) is 34.9 Å². The van der Waals surface area contributed by atoms with Crippen LogP contribution in [-0.2, 0) is 49.5 Å². The molecule has 5 heterocycles. The summed E-state index contributed by atoms with van der Waals surface area (Å²) < 4.78 is 25.1. The van der Waals surface area contributed by atoms with E-state index < -0.39 is 45.9 Å². The highest BCUT2D eigenvalue weighted by Gasteiger charge is 2.62. The van der Waals surface area contributed by atoms with Crippen LogP contribution in [-0.4, -0.2) is 94.7 Å². The van der Waals surface area contributed by atoms with Crippen LogP contribution >= 0.6 is 35.3 Å². The summed E-state index contributed by atoms with van der Waals surface area (Å²) in [5, 5.41) is 20.7. The van der Waals surface area contributed by atoms with Crippen LogP contribution < -0.4 is 9.64 Å². The van der Waals surface area contributed by atoms with Crippen molar-refractivity contribution < 1.29 is 57.9 Å². The summed E-state index contributed by atoms with van der Waals surface area (Å²) in [4.78, 5) is 73.6. The summed E-state index contributed by atoms with van der Waals surface area (Å²) in [6.07, 6.45) is 1.41. The molecule has 0 fully saturated rings. The maximum Gasteiger partial charge on any atom is 0.345 e.